The lowest BCUT2D eigenvalue weighted by molar-refractivity contribution is 0.0676. The van der Waals surface area contributed by atoms with Gasteiger partial charge in [0.05, 0.1) is 0 Å². The zero-order chi connectivity index (χ0) is 14.0. The maximum atomic E-state index is 12.4. The molecular weight excluding hydrogens is 240 g/mol. The van der Waals surface area contributed by atoms with Gasteiger partial charge in [-0.2, -0.15) is 0 Å². The number of amides is 1. The molecule has 0 bridgehead atoms. The highest BCUT2D eigenvalue weighted by Crippen LogP contribution is 2.23. The first-order valence-electron chi connectivity index (χ1n) is 6.63. The van der Waals surface area contributed by atoms with Crippen LogP contribution in [0, 0.1) is 0 Å². The number of furan rings is 1. The highest BCUT2D eigenvalue weighted by molar-refractivity contribution is 5.96. The molecule has 0 spiro atoms. The molecule has 1 aromatic heterocycles. The summed E-state index contributed by atoms with van der Waals surface area (Å²) in [7, 11) is 0. The summed E-state index contributed by atoms with van der Waals surface area (Å²) in [5.74, 6) is 0.314. The van der Waals surface area contributed by atoms with E-state index in [4.69, 9.17) is 10.2 Å². The Hall–Kier alpha value is -1.97. The number of fused-ring (bicyclic) bond motifs is 1. The summed E-state index contributed by atoms with van der Waals surface area (Å²) >= 11 is 0. The number of hydrogen-bond donors (Lipinski definition) is 1. The Bertz CT molecular complexity index is 587. The van der Waals surface area contributed by atoms with Crippen LogP contribution in [0.15, 0.2) is 28.7 Å². The molecule has 19 heavy (non-hydrogen) atoms. The Kier molecular flexibility index (Phi) is 3.79. The fourth-order valence-corrected chi connectivity index (χ4v) is 2.14. The SMILES string of the molecule is CCCN(C(=O)c1cc2cc(N)ccc2o1)C(C)C. The van der Waals surface area contributed by atoms with Crippen molar-refractivity contribution in [1.82, 2.24) is 4.90 Å². The molecule has 2 aromatic rings. The molecule has 0 radical (unpaired) electrons. The molecule has 0 saturated carbocycles. The summed E-state index contributed by atoms with van der Waals surface area (Å²) in [6, 6.07) is 7.30. The minimum atomic E-state index is -0.0633. The first kappa shape index (κ1) is 13.5. The average Bonchev–Trinajstić information content (AvgIpc) is 2.77. The van der Waals surface area contributed by atoms with Crippen LogP contribution in [-0.4, -0.2) is 23.4 Å². The lowest BCUT2D eigenvalue weighted by atomic mass is 10.2. The fraction of sp³-hybridized carbons (Fsp3) is 0.400. The summed E-state index contributed by atoms with van der Waals surface area (Å²) < 4.78 is 5.62. The molecule has 1 aromatic carbocycles. The van der Waals surface area contributed by atoms with E-state index in [1.807, 2.05) is 24.8 Å². The molecule has 1 heterocycles. The lowest BCUT2D eigenvalue weighted by Crippen LogP contribution is -2.37. The first-order chi connectivity index (χ1) is 9.02. The van der Waals surface area contributed by atoms with Gasteiger partial charge in [-0.15, -0.1) is 0 Å². The number of carbonyl (C=O) groups is 1. The van der Waals surface area contributed by atoms with Crippen molar-refractivity contribution in [2.75, 3.05) is 12.3 Å². The van der Waals surface area contributed by atoms with Gasteiger partial charge < -0.3 is 15.1 Å². The van der Waals surface area contributed by atoms with E-state index in [0.29, 0.717) is 17.0 Å². The highest BCUT2D eigenvalue weighted by Gasteiger charge is 2.21. The molecule has 0 fully saturated rings. The van der Waals surface area contributed by atoms with E-state index in [1.165, 1.54) is 0 Å². The minimum Gasteiger partial charge on any atom is -0.451 e. The summed E-state index contributed by atoms with van der Waals surface area (Å²) in [5, 5.41) is 0.864. The van der Waals surface area contributed by atoms with Crippen LogP contribution in [-0.2, 0) is 0 Å². The zero-order valence-corrected chi connectivity index (χ0v) is 11.6. The second-order valence-corrected chi connectivity index (χ2v) is 5.00. The Morgan fingerprint density at radius 1 is 1.37 bits per heavy atom. The van der Waals surface area contributed by atoms with Gasteiger partial charge >= 0.3 is 0 Å². The van der Waals surface area contributed by atoms with Crippen LogP contribution in [0.25, 0.3) is 11.0 Å². The molecule has 0 saturated heterocycles. The standard InChI is InChI=1S/C15H20N2O2/c1-4-7-17(10(2)3)15(18)14-9-11-8-12(16)5-6-13(11)19-14/h5-6,8-10H,4,7,16H2,1-3H3. The van der Waals surface area contributed by atoms with Crippen LogP contribution in [0.1, 0.15) is 37.7 Å². The summed E-state index contributed by atoms with van der Waals surface area (Å²) in [6.45, 7) is 6.81. The van der Waals surface area contributed by atoms with E-state index in [0.717, 1.165) is 18.4 Å². The largest absolute Gasteiger partial charge is 0.451 e. The fourth-order valence-electron chi connectivity index (χ4n) is 2.14. The number of benzene rings is 1. The van der Waals surface area contributed by atoms with Crippen molar-refractivity contribution in [3.8, 4) is 0 Å². The summed E-state index contributed by atoms with van der Waals surface area (Å²) in [5.41, 5.74) is 7.09. The molecule has 2 N–H and O–H groups in total. The van der Waals surface area contributed by atoms with E-state index in [2.05, 4.69) is 6.92 Å². The topological polar surface area (TPSA) is 59.5 Å². The van der Waals surface area contributed by atoms with Crippen LogP contribution in [0.5, 0.6) is 0 Å². The maximum Gasteiger partial charge on any atom is 0.289 e. The van der Waals surface area contributed by atoms with Crippen LogP contribution in [0.4, 0.5) is 5.69 Å². The molecule has 4 nitrogen and oxygen atoms in total. The average molecular weight is 260 g/mol. The number of hydrogen-bond acceptors (Lipinski definition) is 3. The van der Waals surface area contributed by atoms with Crippen molar-refractivity contribution in [2.24, 2.45) is 0 Å². The number of nitrogens with zero attached hydrogens (tertiary/aromatic N) is 1. The smallest absolute Gasteiger partial charge is 0.289 e. The quantitative estimate of drug-likeness (QED) is 0.858. The molecule has 1 amide bonds. The summed E-state index contributed by atoms with van der Waals surface area (Å²) in [4.78, 5) is 14.3. The van der Waals surface area contributed by atoms with Gasteiger partial charge in [-0.25, -0.2) is 0 Å². The van der Waals surface area contributed by atoms with Crippen molar-refractivity contribution < 1.29 is 9.21 Å². The zero-order valence-electron chi connectivity index (χ0n) is 11.6. The van der Waals surface area contributed by atoms with E-state index < -0.39 is 0 Å². The van der Waals surface area contributed by atoms with Gasteiger partial charge in [-0.1, -0.05) is 6.92 Å². The number of nitrogen functional groups attached to an aromatic ring is 1. The third-order valence-electron chi connectivity index (χ3n) is 3.10. The monoisotopic (exact) mass is 260 g/mol. The van der Waals surface area contributed by atoms with Gasteiger partial charge in [-0.05, 0) is 44.5 Å². The third kappa shape index (κ3) is 2.72. The van der Waals surface area contributed by atoms with Crippen LogP contribution in [0.3, 0.4) is 0 Å². The molecule has 2 rings (SSSR count). The van der Waals surface area contributed by atoms with Gasteiger partial charge in [0.1, 0.15) is 5.58 Å². The van der Waals surface area contributed by atoms with Crippen LogP contribution >= 0.6 is 0 Å². The Labute approximate surface area is 113 Å². The van der Waals surface area contributed by atoms with Gasteiger partial charge in [-0.3, -0.25) is 4.79 Å². The first-order valence-corrected chi connectivity index (χ1v) is 6.63. The second-order valence-electron chi connectivity index (χ2n) is 5.00. The number of carbonyl (C=O) groups excluding carboxylic acids is 1. The minimum absolute atomic E-state index is 0.0633. The molecule has 0 atom stereocenters. The van der Waals surface area contributed by atoms with Crippen molar-refractivity contribution in [2.45, 2.75) is 33.2 Å². The second kappa shape index (κ2) is 5.34. The van der Waals surface area contributed by atoms with Crippen molar-refractivity contribution in [1.29, 1.82) is 0 Å². The molecule has 0 unspecified atom stereocenters. The Morgan fingerprint density at radius 2 is 2.11 bits per heavy atom. The Morgan fingerprint density at radius 3 is 2.74 bits per heavy atom. The molecule has 4 heteroatoms. The highest BCUT2D eigenvalue weighted by atomic mass is 16.3. The Balaban J connectivity index is 2.34. The van der Waals surface area contributed by atoms with E-state index in [-0.39, 0.29) is 11.9 Å². The van der Waals surface area contributed by atoms with Gasteiger partial charge in [0.25, 0.3) is 5.91 Å². The number of rotatable bonds is 4. The van der Waals surface area contributed by atoms with Gasteiger partial charge in [0.15, 0.2) is 5.76 Å². The number of nitrogens with two attached hydrogens (primary N) is 1. The van der Waals surface area contributed by atoms with Crippen LogP contribution < -0.4 is 5.73 Å². The molecular formula is C15H20N2O2. The van der Waals surface area contributed by atoms with Gasteiger partial charge in [0.2, 0.25) is 0 Å². The lowest BCUT2D eigenvalue weighted by Gasteiger charge is -2.25. The molecule has 0 aliphatic heterocycles. The molecule has 0 aliphatic carbocycles. The molecule has 102 valence electrons. The predicted molar refractivity (Wildman–Crippen MR) is 77.1 cm³/mol. The van der Waals surface area contributed by atoms with E-state index >= 15 is 0 Å². The van der Waals surface area contributed by atoms with E-state index in [9.17, 15) is 4.79 Å². The van der Waals surface area contributed by atoms with E-state index in [1.54, 1.807) is 18.2 Å². The summed E-state index contributed by atoms with van der Waals surface area (Å²) in [6.07, 6.45) is 0.928. The van der Waals surface area contributed by atoms with Crippen LogP contribution in [0.2, 0.25) is 0 Å². The van der Waals surface area contributed by atoms with Crippen molar-refractivity contribution in [3.05, 3.63) is 30.0 Å². The number of anilines is 1. The normalized spacial score (nSPS) is 11.2. The molecule has 0 aliphatic rings. The van der Waals surface area contributed by atoms with Crippen molar-refractivity contribution in [3.63, 3.8) is 0 Å². The maximum absolute atomic E-state index is 12.4. The predicted octanol–water partition coefficient (Wildman–Crippen LogP) is 3.28. The van der Waals surface area contributed by atoms with Crippen molar-refractivity contribution >= 4 is 22.6 Å². The van der Waals surface area contributed by atoms with Gasteiger partial charge in [0, 0.05) is 23.7 Å². The third-order valence-corrected chi connectivity index (χ3v) is 3.10.